The van der Waals surface area contributed by atoms with Gasteiger partial charge in [-0.05, 0) is 62.2 Å². The lowest BCUT2D eigenvalue weighted by atomic mass is 10.1. The number of nitrogens with zero attached hydrogens (tertiary/aromatic N) is 1. The minimum Gasteiger partial charge on any atom is -0.468 e. The van der Waals surface area contributed by atoms with Crippen molar-refractivity contribution in [1.82, 2.24) is 10.2 Å². The lowest BCUT2D eigenvalue weighted by Crippen LogP contribution is -2.40. The number of carbonyl (C=O) groups is 1. The number of furan rings is 1. The highest BCUT2D eigenvalue weighted by Crippen LogP contribution is 2.24. The summed E-state index contributed by atoms with van der Waals surface area (Å²) in [6, 6.07) is 10.3. The van der Waals surface area contributed by atoms with E-state index in [-0.39, 0.29) is 17.8 Å². The normalized spacial score (nSPS) is 16.5. The van der Waals surface area contributed by atoms with Gasteiger partial charge in [0.2, 0.25) is 5.91 Å². The third-order valence-electron chi connectivity index (χ3n) is 4.75. The number of halogens is 1. The van der Waals surface area contributed by atoms with E-state index >= 15 is 0 Å². The van der Waals surface area contributed by atoms with Gasteiger partial charge in [0, 0.05) is 13.0 Å². The topological polar surface area (TPSA) is 45.5 Å². The van der Waals surface area contributed by atoms with Crippen molar-refractivity contribution in [3.05, 3.63) is 59.8 Å². The first-order valence-corrected chi connectivity index (χ1v) is 9.01. The fraction of sp³-hybridized carbons (Fsp3) is 0.450. The van der Waals surface area contributed by atoms with Crippen LogP contribution in [0.2, 0.25) is 0 Å². The fourth-order valence-electron chi connectivity index (χ4n) is 3.33. The molecule has 0 saturated carbocycles. The number of benzene rings is 1. The first kappa shape index (κ1) is 17.7. The third-order valence-corrected chi connectivity index (χ3v) is 4.75. The number of piperidine rings is 1. The number of nitrogens with one attached hydrogen (secondary N) is 1. The highest BCUT2D eigenvalue weighted by molar-refractivity contribution is 5.76. The van der Waals surface area contributed by atoms with Crippen molar-refractivity contribution in [1.29, 1.82) is 0 Å². The molecule has 2 aromatic rings. The Hall–Kier alpha value is -2.14. The highest BCUT2D eigenvalue weighted by atomic mass is 19.1. The number of rotatable bonds is 7. The molecule has 3 rings (SSSR count). The molecule has 4 nitrogen and oxygen atoms in total. The summed E-state index contributed by atoms with van der Waals surface area (Å²) in [7, 11) is 0. The quantitative estimate of drug-likeness (QED) is 0.833. The highest BCUT2D eigenvalue weighted by Gasteiger charge is 2.24. The van der Waals surface area contributed by atoms with Crippen LogP contribution in [0.15, 0.2) is 47.1 Å². The summed E-state index contributed by atoms with van der Waals surface area (Å²) in [5.74, 6) is 0.662. The summed E-state index contributed by atoms with van der Waals surface area (Å²) < 4.78 is 18.5. The van der Waals surface area contributed by atoms with E-state index in [1.165, 1.54) is 31.4 Å². The first-order valence-electron chi connectivity index (χ1n) is 9.01. The molecule has 0 aliphatic carbocycles. The Labute approximate surface area is 148 Å². The first-order chi connectivity index (χ1) is 12.2. The van der Waals surface area contributed by atoms with E-state index in [0.29, 0.717) is 19.4 Å². The molecule has 25 heavy (non-hydrogen) atoms. The molecule has 1 aromatic heterocycles. The molecule has 1 aliphatic rings. The van der Waals surface area contributed by atoms with E-state index in [1.807, 2.05) is 12.1 Å². The van der Waals surface area contributed by atoms with Crippen LogP contribution >= 0.6 is 0 Å². The van der Waals surface area contributed by atoms with Crippen molar-refractivity contribution in [2.45, 2.75) is 38.1 Å². The van der Waals surface area contributed by atoms with Gasteiger partial charge in [-0.3, -0.25) is 9.69 Å². The summed E-state index contributed by atoms with van der Waals surface area (Å²) in [6.45, 7) is 2.63. The van der Waals surface area contributed by atoms with Crippen LogP contribution in [0.4, 0.5) is 4.39 Å². The minimum atomic E-state index is -0.254. The Kier molecular flexibility index (Phi) is 6.23. The molecule has 1 amide bonds. The zero-order valence-corrected chi connectivity index (χ0v) is 14.4. The Balaban J connectivity index is 1.51. The van der Waals surface area contributed by atoms with Crippen LogP contribution in [0.1, 0.15) is 43.0 Å². The SMILES string of the molecule is O=C(CCc1ccc(F)cc1)NCC(c1ccco1)N1CCCCC1. The summed E-state index contributed by atoms with van der Waals surface area (Å²) in [5, 5.41) is 3.04. The zero-order valence-electron chi connectivity index (χ0n) is 14.4. The van der Waals surface area contributed by atoms with Gasteiger partial charge in [-0.15, -0.1) is 0 Å². The Morgan fingerprint density at radius 3 is 2.60 bits per heavy atom. The number of hydrogen-bond donors (Lipinski definition) is 1. The Morgan fingerprint density at radius 1 is 1.16 bits per heavy atom. The van der Waals surface area contributed by atoms with Crippen LogP contribution < -0.4 is 5.32 Å². The third kappa shape index (κ3) is 5.16. The molecule has 1 aromatic carbocycles. The average molecular weight is 344 g/mol. The number of amides is 1. The standard InChI is InChI=1S/C20H25FN2O2/c21-17-9-6-16(7-10-17)8-11-20(24)22-15-18(19-5-4-14-25-19)23-12-2-1-3-13-23/h4-7,9-10,14,18H,1-3,8,11-13,15H2,(H,22,24). The van der Waals surface area contributed by atoms with Crippen LogP contribution in [0, 0.1) is 5.82 Å². The maximum Gasteiger partial charge on any atom is 0.220 e. The Bertz CT molecular complexity index is 649. The number of hydrogen-bond acceptors (Lipinski definition) is 3. The molecular formula is C20H25FN2O2. The lowest BCUT2D eigenvalue weighted by Gasteiger charge is -2.33. The summed E-state index contributed by atoms with van der Waals surface area (Å²) in [6.07, 6.45) is 6.34. The van der Waals surface area contributed by atoms with Gasteiger partial charge in [-0.1, -0.05) is 18.6 Å². The van der Waals surface area contributed by atoms with Crippen LogP contribution in [-0.4, -0.2) is 30.4 Å². The molecule has 1 atom stereocenters. The predicted octanol–water partition coefficient (Wildman–Crippen LogP) is 3.69. The lowest BCUT2D eigenvalue weighted by molar-refractivity contribution is -0.121. The summed E-state index contributed by atoms with van der Waals surface area (Å²) in [5.41, 5.74) is 0.968. The van der Waals surface area contributed by atoms with Gasteiger partial charge in [0.25, 0.3) is 0 Å². The van der Waals surface area contributed by atoms with E-state index in [9.17, 15) is 9.18 Å². The van der Waals surface area contributed by atoms with Gasteiger partial charge in [0.05, 0.1) is 12.3 Å². The van der Waals surface area contributed by atoms with Crippen molar-refractivity contribution >= 4 is 5.91 Å². The minimum absolute atomic E-state index is 0.0119. The molecule has 1 unspecified atom stereocenters. The number of likely N-dealkylation sites (tertiary alicyclic amines) is 1. The molecular weight excluding hydrogens is 319 g/mol. The smallest absolute Gasteiger partial charge is 0.220 e. The van der Waals surface area contributed by atoms with Gasteiger partial charge in [-0.25, -0.2) is 4.39 Å². The van der Waals surface area contributed by atoms with Gasteiger partial charge in [0.15, 0.2) is 0 Å². The summed E-state index contributed by atoms with van der Waals surface area (Å²) in [4.78, 5) is 14.6. The maximum absolute atomic E-state index is 12.9. The van der Waals surface area contributed by atoms with Gasteiger partial charge >= 0.3 is 0 Å². The monoisotopic (exact) mass is 344 g/mol. The molecule has 5 heteroatoms. The van der Waals surface area contributed by atoms with Crippen LogP contribution in [-0.2, 0) is 11.2 Å². The van der Waals surface area contributed by atoms with E-state index in [4.69, 9.17) is 4.42 Å². The molecule has 2 heterocycles. The fourth-order valence-corrected chi connectivity index (χ4v) is 3.33. The van der Waals surface area contributed by atoms with Crippen molar-refractivity contribution < 1.29 is 13.6 Å². The van der Waals surface area contributed by atoms with Gasteiger partial charge < -0.3 is 9.73 Å². The number of aryl methyl sites for hydroxylation is 1. The predicted molar refractivity (Wildman–Crippen MR) is 94.6 cm³/mol. The van der Waals surface area contributed by atoms with E-state index in [2.05, 4.69) is 10.2 Å². The number of carbonyl (C=O) groups excluding carboxylic acids is 1. The summed E-state index contributed by atoms with van der Waals surface area (Å²) >= 11 is 0. The van der Waals surface area contributed by atoms with E-state index in [1.54, 1.807) is 18.4 Å². The van der Waals surface area contributed by atoms with Crippen molar-refractivity contribution in [3.63, 3.8) is 0 Å². The van der Waals surface area contributed by atoms with Crippen molar-refractivity contribution in [3.8, 4) is 0 Å². The maximum atomic E-state index is 12.9. The van der Waals surface area contributed by atoms with Crippen LogP contribution in [0.3, 0.4) is 0 Å². The Morgan fingerprint density at radius 2 is 1.92 bits per heavy atom. The molecule has 0 radical (unpaired) electrons. The second kappa shape index (κ2) is 8.81. The van der Waals surface area contributed by atoms with E-state index < -0.39 is 0 Å². The van der Waals surface area contributed by atoms with Crippen LogP contribution in [0.5, 0.6) is 0 Å². The van der Waals surface area contributed by atoms with Crippen LogP contribution in [0.25, 0.3) is 0 Å². The van der Waals surface area contributed by atoms with Crippen molar-refractivity contribution in [2.24, 2.45) is 0 Å². The largest absolute Gasteiger partial charge is 0.468 e. The molecule has 1 aliphatic heterocycles. The molecule has 1 fully saturated rings. The molecule has 134 valence electrons. The van der Waals surface area contributed by atoms with Gasteiger partial charge in [0.1, 0.15) is 11.6 Å². The van der Waals surface area contributed by atoms with Crippen molar-refractivity contribution in [2.75, 3.05) is 19.6 Å². The second-order valence-electron chi connectivity index (χ2n) is 6.56. The molecule has 1 saturated heterocycles. The molecule has 0 bridgehead atoms. The average Bonchev–Trinajstić information content (AvgIpc) is 3.17. The van der Waals surface area contributed by atoms with Gasteiger partial charge in [-0.2, -0.15) is 0 Å². The van der Waals surface area contributed by atoms with E-state index in [0.717, 1.165) is 24.4 Å². The zero-order chi connectivity index (χ0) is 17.5. The molecule has 1 N–H and O–H groups in total. The second-order valence-corrected chi connectivity index (χ2v) is 6.56. The molecule has 0 spiro atoms.